The van der Waals surface area contributed by atoms with Crippen LogP contribution < -0.4 is 10.9 Å². The lowest BCUT2D eigenvalue weighted by Crippen LogP contribution is -2.50. The first kappa shape index (κ1) is 14.8. The van der Waals surface area contributed by atoms with Crippen LogP contribution in [0.3, 0.4) is 0 Å². The average molecular weight is 328 g/mol. The summed E-state index contributed by atoms with van der Waals surface area (Å²) in [6.45, 7) is 1.99. The van der Waals surface area contributed by atoms with Crippen LogP contribution in [0.1, 0.15) is 64.2 Å². The number of amides is 1. The van der Waals surface area contributed by atoms with Crippen LogP contribution in [-0.4, -0.2) is 29.7 Å². The highest BCUT2D eigenvalue weighted by Crippen LogP contribution is 2.61. The molecule has 1 heterocycles. The minimum atomic E-state index is -0.0365. The van der Waals surface area contributed by atoms with Crippen molar-refractivity contribution < 1.29 is 4.79 Å². The highest BCUT2D eigenvalue weighted by Gasteiger charge is 2.59. The van der Waals surface area contributed by atoms with Gasteiger partial charge in [-0.15, -0.1) is 0 Å². The molecule has 0 unspecified atom stereocenters. The molecule has 0 atom stereocenters. The van der Waals surface area contributed by atoms with Crippen LogP contribution in [0.5, 0.6) is 0 Å². The van der Waals surface area contributed by atoms with E-state index in [4.69, 9.17) is 4.99 Å². The molecule has 3 saturated carbocycles. The second-order valence-corrected chi connectivity index (χ2v) is 8.49. The first-order valence-corrected chi connectivity index (χ1v) is 9.86. The molecular formula is C19H28N4O. The number of amidine groups is 1. The molecule has 1 amide bonds. The van der Waals surface area contributed by atoms with Crippen molar-refractivity contribution in [3.05, 3.63) is 11.4 Å². The zero-order valence-corrected chi connectivity index (χ0v) is 14.4. The lowest BCUT2D eigenvalue weighted by Gasteiger charge is -2.35. The Kier molecular flexibility index (Phi) is 3.39. The number of carbonyl (C=O) groups is 1. The first-order valence-electron chi connectivity index (χ1n) is 9.86. The largest absolute Gasteiger partial charge is 0.366 e. The maximum atomic E-state index is 12.5. The molecule has 24 heavy (non-hydrogen) atoms. The van der Waals surface area contributed by atoms with E-state index < -0.39 is 0 Å². The van der Waals surface area contributed by atoms with E-state index in [2.05, 4.69) is 15.8 Å². The fourth-order valence-corrected chi connectivity index (χ4v) is 4.51. The normalized spacial score (nSPS) is 28.2. The number of aliphatic imine (C=N–C) groups is 1. The Morgan fingerprint density at radius 1 is 1.17 bits per heavy atom. The summed E-state index contributed by atoms with van der Waals surface area (Å²) in [7, 11) is 0. The van der Waals surface area contributed by atoms with Crippen molar-refractivity contribution in [1.29, 1.82) is 0 Å². The molecule has 130 valence electrons. The van der Waals surface area contributed by atoms with Gasteiger partial charge in [0.05, 0.1) is 17.7 Å². The summed E-state index contributed by atoms with van der Waals surface area (Å²) in [6, 6.07) is 0. The van der Waals surface area contributed by atoms with Gasteiger partial charge in [-0.25, -0.2) is 4.99 Å². The van der Waals surface area contributed by atoms with Gasteiger partial charge >= 0.3 is 0 Å². The molecule has 0 radical (unpaired) electrons. The minimum Gasteiger partial charge on any atom is -0.366 e. The summed E-state index contributed by atoms with van der Waals surface area (Å²) >= 11 is 0. The Bertz CT molecular complexity index is 611. The van der Waals surface area contributed by atoms with E-state index in [1.165, 1.54) is 62.9 Å². The van der Waals surface area contributed by atoms with Crippen molar-refractivity contribution in [2.24, 2.45) is 22.2 Å². The molecule has 4 aliphatic carbocycles. The van der Waals surface area contributed by atoms with Crippen LogP contribution in [0.2, 0.25) is 0 Å². The SMILES string of the molecule is O=C(NNC1=NC2=C(CCCC2)N(CC2CC2)C1)C1(C2CC2)CC1. The molecule has 1 aliphatic heterocycles. The van der Waals surface area contributed by atoms with Crippen LogP contribution in [-0.2, 0) is 4.79 Å². The van der Waals surface area contributed by atoms with E-state index in [1.54, 1.807) is 0 Å². The molecule has 3 fully saturated rings. The van der Waals surface area contributed by atoms with Gasteiger partial charge in [0.15, 0.2) is 0 Å². The van der Waals surface area contributed by atoms with E-state index in [-0.39, 0.29) is 11.3 Å². The zero-order chi connectivity index (χ0) is 16.1. The van der Waals surface area contributed by atoms with Gasteiger partial charge in [-0.2, -0.15) is 0 Å². The summed E-state index contributed by atoms with van der Waals surface area (Å²) in [6.07, 6.45) is 12.2. The van der Waals surface area contributed by atoms with Crippen LogP contribution in [0.4, 0.5) is 0 Å². The second kappa shape index (κ2) is 5.50. The highest BCUT2D eigenvalue weighted by atomic mass is 16.2. The van der Waals surface area contributed by atoms with E-state index in [1.807, 2.05) is 0 Å². The smallest absolute Gasteiger partial charge is 0.244 e. The molecule has 0 aromatic rings. The van der Waals surface area contributed by atoms with Crippen molar-refractivity contribution in [3.8, 4) is 0 Å². The number of allylic oxidation sites excluding steroid dienone is 2. The number of hydrogen-bond acceptors (Lipinski definition) is 4. The van der Waals surface area contributed by atoms with Gasteiger partial charge in [0.2, 0.25) is 5.91 Å². The summed E-state index contributed by atoms with van der Waals surface area (Å²) in [4.78, 5) is 19.9. The van der Waals surface area contributed by atoms with Crippen molar-refractivity contribution in [2.45, 2.75) is 64.2 Å². The predicted octanol–water partition coefficient (Wildman–Crippen LogP) is 2.71. The fraction of sp³-hybridized carbons (Fsp3) is 0.789. The molecule has 5 aliphatic rings. The average Bonchev–Trinajstić information content (AvgIpc) is 3.46. The van der Waals surface area contributed by atoms with E-state index >= 15 is 0 Å². The first-order chi connectivity index (χ1) is 11.7. The monoisotopic (exact) mass is 328 g/mol. The second-order valence-electron chi connectivity index (χ2n) is 8.49. The predicted molar refractivity (Wildman–Crippen MR) is 92.9 cm³/mol. The molecule has 0 bridgehead atoms. The third-order valence-electron chi connectivity index (χ3n) is 6.50. The number of nitrogens with zero attached hydrogens (tertiary/aromatic N) is 2. The number of hydrogen-bond donors (Lipinski definition) is 2. The number of hydrazine groups is 1. The lowest BCUT2D eigenvalue weighted by molar-refractivity contribution is -0.127. The van der Waals surface area contributed by atoms with Crippen molar-refractivity contribution in [1.82, 2.24) is 15.8 Å². The topological polar surface area (TPSA) is 56.7 Å². The molecular weight excluding hydrogens is 300 g/mol. The molecule has 5 heteroatoms. The fourth-order valence-electron chi connectivity index (χ4n) is 4.51. The maximum Gasteiger partial charge on any atom is 0.244 e. The standard InChI is InChI=1S/C19H28N4O/c24-18(19(9-10-19)14-7-8-14)22-21-17-12-23(11-13-5-6-13)16-4-2-1-3-15(16)20-17/h13-14H,1-12H2,(H,20,21)(H,22,24). The van der Waals surface area contributed by atoms with Gasteiger partial charge in [0.1, 0.15) is 5.84 Å². The molecule has 5 nitrogen and oxygen atoms in total. The summed E-state index contributed by atoms with van der Waals surface area (Å²) in [5.74, 6) is 2.65. The number of nitrogens with one attached hydrogen (secondary N) is 2. The van der Waals surface area contributed by atoms with Crippen molar-refractivity contribution in [3.63, 3.8) is 0 Å². The summed E-state index contributed by atoms with van der Waals surface area (Å²) in [5, 5.41) is 0. The maximum absolute atomic E-state index is 12.5. The Morgan fingerprint density at radius 2 is 1.96 bits per heavy atom. The van der Waals surface area contributed by atoms with Crippen molar-refractivity contribution >= 4 is 11.7 Å². The number of rotatable bonds is 4. The minimum absolute atomic E-state index is 0.0365. The Morgan fingerprint density at radius 3 is 2.67 bits per heavy atom. The molecule has 0 aromatic heterocycles. The van der Waals surface area contributed by atoms with Gasteiger partial charge in [-0.3, -0.25) is 15.6 Å². The molecule has 0 aromatic carbocycles. The van der Waals surface area contributed by atoms with Crippen LogP contribution in [0.15, 0.2) is 16.4 Å². The summed E-state index contributed by atoms with van der Waals surface area (Å²) < 4.78 is 0. The van der Waals surface area contributed by atoms with Crippen molar-refractivity contribution in [2.75, 3.05) is 13.1 Å². The Balaban J connectivity index is 1.26. The summed E-state index contributed by atoms with van der Waals surface area (Å²) in [5.41, 5.74) is 8.87. The van der Waals surface area contributed by atoms with Gasteiger partial charge in [-0.05, 0) is 76.0 Å². The van der Waals surface area contributed by atoms with Gasteiger partial charge in [0.25, 0.3) is 0 Å². The Hall–Kier alpha value is -1.52. The third-order valence-corrected chi connectivity index (χ3v) is 6.50. The molecule has 2 N–H and O–H groups in total. The molecule has 5 rings (SSSR count). The van der Waals surface area contributed by atoms with E-state index in [0.29, 0.717) is 5.92 Å². The van der Waals surface area contributed by atoms with Gasteiger partial charge in [0, 0.05) is 12.2 Å². The third kappa shape index (κ3) is 2.72. The quantitative estimate of drug-likeness (QED) is 0.780. The Labute approximate surface area is 143 Å². The van der Waals surface area contributed by atoms with Crippen LogP contribution >= 0.6 is 0 Å². The van der Waals surface area contributed by atoms with Crippen LogP contribution in [0.25, 0.3) is 0 Å². The molecule has 0 spiro atoms. The number of carbonyl (C=O) groups excluding carboxylic acids is 1. The van der Waals surface area contributed by atoms with E-state index in [9.17, 15) is 4.79 Å². The zero-order valence-electron chi connectivity index (χ0n) is 14.4. The molecule has 0 saturated heterocycles. The van der Waals surface area contributed by atoms with E-state index in [0.717, 1.165) is 37.6 Å². The van der Waals surface area contributed by atoms with Gasteiger partial charge < -0.3 is 4.90 Å². The van der Waals surface area contributed by atoms with Crippen LogP contribution in [0, 0.1) is 17.3 Å². The van der Waals surface area contributed by atoms with Gasteiger partial charge in [-0.1, -0.05) is 0 Å². The highest BCUT2D eigenvalue weighted by molar-refractivity contribution is 5.91. The lowest BCUT2D eigenvalue weighted by atomic mass is 9.99.